The molecule has 3 rings (SSSR count). The molecule has 10 nitrogen and oxygen atoms in total. The highest BCUT2D eigenvalue weighted by molar-refractivity contribution is 7.89. The van der Waals surface area contributed by atoms with E-state index in [4.69, 9.17) is 14.0 Å². The third kappa shape index (κ3) is 4.98. The number of aryl methyl sites for hydroxylation is 1. The van der Waals surface area contributed by atoms with Crippen molar-refractivity contribution < 1.29 is 27.2 Å². The van der Waals surface area contributed by atoms with Gasteiger partial charge in [-0.05, 0) is 26.0 Å². The zero-order chi connectivity index (χ0) is 20.1. The molecule has 1 atom stereocenters. The fourth-order valence-electron chi connectivity index (χ4n) is 2.56. The number of benzene rings is 1. The van der Waals surface area contributed by atoms with Crippen molar-refractivity contribution in [3.05, 3.63) is 29.9 Å². The summed E-state index contributed by atoms with van der Waals surface area (Å²) in [6.07, 6.45) is 0.687. The molecular formula is C17H22N4O6S. The number of rotatable bonds is 7. The maximum Gasteiger partial charge on any atom is 0.248 e. The highest BCUT2D eigenvalue weighted by atomic mass is 32.2. The second-order valence-corrected chi connectivity index (χ2v) is 8.04. The van der Waals surface area contributed by atoms with Gasteiger partial charge in [-0.25, -0.2) is 13.1 Å². The zero-order valence-electron chi connectivity index (χ0n) is 15.6. The molecule has 11 heteroatoms. The quantitative estimate of drug-likeness (QED) is 0.693. The summed E-state index contributed by atoms with van der Waals surface area (Å²) in [7, 11) is -3.79. The van der Waals surface area contributed by atoms with Crippen LogP contribution >= 0.6 is 0 Å². The lowest BCUT2D eigenvalue weighted by molar-refractivity contribution is -0.121. The summed E-state index contributed by atoms with van der Waals surface area (Å²) in [6.45, 7) is 4.30. The number of carbonyl (C=O) groups excluding carboxylic acids is 1. The number of ether oxygens (including phenoxy) is 2. The molecule has 2 heterocycles. The number of hydrogen-bond acceptors (Lipinski definition) is 8. The molecule has 2 N–H and O–H groups in total. The first kappa shape index (κ1) is 20.1. The van der Waals surface area contributed by atoms with Gasteiger partial charge in [0.25, 0.3) is 0 Å². The van der Waals surface area contributed by atoms with E-state index in [-0.39, 0.29) is 23.8 Å². The van der Waals surface area contributed by atoms with Gasteiger partial charge in [0, 0.05) is 25.5 Å². The number of nitrogens with one attached hydrogen (secondary N) is 2. The predicted octanol–water partition coefficient (Wildman–Crippen LogP) is 1.09. The van der Waals surface area contributed by atoms with E-state index in [0.717, 1.165) is 6.42 Å². The molecule has 1 aliphatic heterocycles. The largest absolute Gasteiger partial charge is 0.490 e. The number of amides is 1. The average Bonchev–Trinajstić information content (AvgIpc) is 2.95. The van der Waals surface area contributed by atoms with Crippen molar-refractivity contribution in [2.24, 2.45) is 0 Å². The van der Waals surface area contributed by atoms with Crippen LogP contribution in [0.5, 0.6) is 11.5 Å². The normalized spacial score (nSPS) is 14.9. The molecule has 1 unspecified atom stereocenters. The first-order valence-corrected chi connectivity index (χ1v) is 10.3. The van der Waals surface area contributed by atoms with Crippen molar-refractivity contribution in [3.63, 3.8) is 0 Å². The number of nitrogens with zero attached hydrogens (tertiary/aromatic N) is 2. The summed E-state index contributed by atoms with van der Waals surface area (Å²) >= 11 is 0. The number of carbonyl (C=O) groups is 1. The lowest BCUT2D eigenvalue weighted by Gasteiger charge is -2.12. The van der Waals surface area contributed by atoms with E-state index >= 15 is 0 Å². The molecule has 0 aliphatic carbocycles. The Labute approximate surface area is 162 Å². The van der Waals surface area contributed by atoms with Crippen LogP contribution in [0, 0.1) is 6.92 Å². The van der Waals surface area contributed by atoms with Crippen LogP contribution in [0.2, 0.25) is 0 Å². The van der Waals surface area contributed by atoms with Crippen molar-refractivity contribution in [3.8, 4) is 11.5 Å². The number of fused-ring (bicyclic) bond motifs is 1. The maximum atomic E-state index is 12.5. The molecule has 0 spiro atoms. The van der Waals surface area contributed by atoms with E-state index in [2.05, 4.69) is 20.2 Å². The maximum absolute atomic E-state index is 12.5. The van der Waals surface area contributed by atoms with Crippen LogP contribution in [-0.4, -0.2) is 44.2 Å². The Hall–Kier alpha value is -2.66. The molecule has 2 aromatic rings. The molecule has 1 amide bonds. The van der Waals surface area contributed by atoms with Crippen LogP contribution in [0.25, 0.3) is 0 Å². The third-order valence-corrected chi connectivity index (χ3v) is 5.42. The summed E-state index contributed by atoms with van der Waals surface area (Å²) in [5.74, 6) is 1.32. The van der Waals surface area contributed by atoms with Crippen LogP contribution in [0.3, 0.4) is 0 Å². The highest BCUT2D eigenvalue weighted by Crippen LogP contribution is 2.31. The predicted molar refractivity (Wildman–Crippen MR) is 97.4 cm³/mol. The van der Waals surface area contributed by atoms with Gasteiger partial charge >= 0.3 is 0 Å². The number of sulfonamides is 1. The Morgan fingerprint density at radius 3 is 2.71 bits per heavy atom. The summed E-state index contributed by atoms with van der Waals surface area (Å²) in [4.78, 5) is 16.1. The molecule has 1 aliphatic rings. The minimum absolute atomic E-state index is 0.0404. The zero-order valence-corrected chi connectivity index (χ0v) is 16.4. The molecule has 0 bridgehead atoms. The van der Waals surface area contributed by atoms with Gasteiger partial charge in [-0.3, -0.25) is 4.79 Å². The van der Waals surface area contributed by atoms with Crippen molar-refractivity contribution in [1.29, 1.82) is 0 Å². The van der Waals surface area contributed by atoms with Crippen molar-refractivity contribution in [1.82, 2.24) is 20.2 Å². The molecule has 0 saturated heterocycles. The molecule has 0 radical (unpaired) electrons. The Bertz CT molecular complexity index is 943. The first-order valence-electron chi connectivity index (χ1n) is 8.84. The van der Waals surface area contributed by atoms with E-state index in [1.165, 1.54) is 12.1 Å². The van der Waals surface area contributed by atoms with Crippen LogP contribution < -0.4 is 19.5 Å². The van der Waals surface area contributed by atoms with E-state index in [9.17, 15) is 13.2 Å². The monoisotopic (exact) mass is 410 g/mol. The van der Waals surface area contributed by atoms with Gasteiger partial charge in [-0.15, -0.1) is 0 Å². The van der Waals surface area contributed by atoms with Crippen molar-refractivity contribution in [2.75, 3.05) is 19.8 Å². The van der Waals surface area contributed by atoms with Crippen LogP contribution in [0.4, 0.5) is 0 Å². The summed E-state index contributed by atoms with van der Waals surface area (Å²) in [5.41, 5.74) is 0. The molecule has 0 saturated carbocycles. The summed E-state index contributed by atoms with van der Waals surface area (Å²) in [6, 6.07) is 3.96. The van der Waals surface area contributed by atoms with Gasteiger partial charge in [0.2, 0.25) is 21.8 Å². The third-order valence-electron chi connectivity index (χ3n) is 3.96. The SMILES string of the molecule is Cc1noc(C(C)NC(=O)CCNS(=O)(=O)c2ccc3c(c2)OCCCO3)n1. The van der Waals surface area contributed by atoms with E-state index < -0.39 is 16.1 Å². The lowest BCUT2D eigenvalue weighted by Crippen LogP contribution is -2.32. The van der Waals surface area contributed by atoms with E-state index in [1.54, 1.807) is 19.9 Å². The topological polar surface area (TPSA) is 133 Å². The minimum atomic E-state index is -3.79. The lowest BCUT2D eigenvalue weighted by atomic mass is 10.3. The van der Waals surface area contributed by atoms with Gasteiger partial charge < -0.3 is 19.3 Å². The Morgan fingerprint density at radius 2 is 2.00 bits per heavy atom. The van der Waals surface area contributed by atoms with E-state index in [1.807, 2.05) is 0 Å². The van der Waals surface area contributed by atoms with E-state index in [0.29, 0.717) is 36.4 Å². The molecule has 1 aromatic heterocycles. The Balaban J connectivity index is 1.53. The molecule has 0 fully saturated rings. The fourth-order valence-corrected chi connectivity index (χ4v) is 3.60. The van der Waals surface area contributed by atoms with Crippen molar-refractivity contribution in [2.45, 2.75) is 37.6 Å². The van der Waals surface area contributed by atoms with Gasteiger partial charge in [-0.2, -0.15) is 4.98 Å². The number of aromatic nitrogens is 2. The average molecular weight is 410 g/mol. The summed E-state index contributed by atoms with van der Waals surface area (Å²) < 4.78 is 43.3. The van der Waals surface area contributed by atoms with Crippen molar-refractivity contribution >= 4 is 15.9 Å². The smallest absolute Gasteiger partial charge is 0.248 e. The molecule has 1 aromatic carbocycles. The van der Waals surface area contributed by atoms with Gasteiger partial charge in [-0.1, -0.05) is 5.16 Å². The second-order valence-electron chi connectivity index (χ2n) is 6.28. The number of hydrogen-bond donors (Lipinski definition) is 2. The fraction of sp³-hybridized carbons (Fsp3) is 0.471. The molecular weight excluding hydrogens is 388 g/mol. The highest BCUT2D eigenvalue weighted by Gasteiger charge is 2.20. The first-order chi connectivity index (χ1) is 13.3. The van der Waals surface area contributed by atoms with Crippen LogP contribution in [0.15, 0.2) is 27.6 Å². The van der Waals surface area contributed by atoms with Gasteiger partial charge in [0.15, 0.2) is 17.3 Å². The molecule has 152 valence electrons. The van der Waals surface area contributed by atoms with Crippen LogP contribution in [0.1, 0.15) is 37.5 Å². The second kappa shape index (κ2) is 8.57. The van der Waals surface area contributed by atoms with Crippen LogP contribution in [-0.2, 0) is 14.8 Å². The minimum Gasteiger partial charge on any atom is -0.490 e. The molecule has 28 heavy (non-hydrogen) atoms. The Morgan fingerprint density at radius 1 is 1.25 bits per heavy atom. The van der Waals surface area contributed by atoms with Gasteiger partial charge in [0.05, 0.1) is 18.1 Å². The Kier molecular flexibility index (Phi) is 6.15. The van der Waals surface area contributed by atoms with Gasteiger partial charge in [0.1, 0.15) is 6.04 Å². The summed E-state index contributed by atoms with van der Waals surface area (Å²) in [5, 5.41) is 6.34. The standard InChI is InChI=1S/C17H22N4O6S/c1-11(17-20-12(2)21-27-17)19-16(22)6-7-18-28(23,24)13-4-5-14-15(10-13)26-9-3-8-25-14/h4-5,10-11,18H,3,6-9H2,1-2H3,(H,19,22).